The normalized spacial score (nSPS) is 15.3. The molecule has 0 radical (unpaired) electrons. The molecule has 1 aliphatic rings. The summed E-state index contributed by atoms with van der Waals surface area (Å²) in [7, 11) is -3.32. The molecule has 1 fully saturated rings. The smallest absolute Gasteiger partial charge is 0.253 e. The maximum absolute atomic E-state index is 12.6. The van der Waals surface area contributed by atoms with Gasteiger partial charge in [-0.3, -0.25) is 9.78 Å². The van der Waals surface area contributed by atoms with E-state index in [9.17, 15) is 13.2 Å². The highest BCUT2D eigenvalue weighted by Gasteiger charge is 2.18. The van der Waals surface area contributed by atoms with Crippen molar-refractivity contribution in [1.29, 1.82) is 0 Å². The molecular weight excluding hydrogens is 372 g/mol. The monoisotopic (exact) mass is 400 g/mol. The van der Waals surface area contributed by atoms with Crippen molar-refractivity contribution in [2.45, 2.75) is 49.8 Å². The minimum absolute atomic E-state index is 0.0384. The van der Waals surface area contributed by atoms with Gasteiger partial charge in [0.15, 0.2) is 9.84 Å². The molecule has 0 spiro atoms. The van der Waals surface area contributed by atoms with Crippen LogP contribution in [0.3, 0.4) is 0 Å². The number of sulfone groups is 1. The molecule has 5 nitrogen and oxygen atoms in total. The predicted octanol–water partition coefficient (Wildman–Crippen LogP) is 3.80. The molecule has 2 aromatic rings. The number of carbonyl (C=O) groups excluding carboxylic acids is 1. The Hall–Kier alpha value is -2.21. The summed E-state index contributed by atoms with van der Waals surface area (Å²) in [6, 6.07) is 12.0. The van der Waals surface area contributed by atoms with Crippen LogP contribution in [-0.4, -0.2) is 31.6 Å². The lowest BCUT2D eigenvalue weighted by Crippen LogP contribution is -2.31. The minimum Gasteiger partial charge on any atom is -0.352 e. The molecule has 1 aromatic carbocycles. The molecule has 1 heterocycles. The van der Waals surface area contributed by atoms with Crippen LogP contribution in [0.1, 0.15) is 54.6 Å². The van der Waals surface area contributed by atoms with E-state index in [2.05, 4.69) is 10.3 Å². The van der Waals surface area contributed by atoms with Crippen molar-refractivity contribution in [2.75, 3.05) is 12.3 Å². The van der Waals surface area contributed by atoms with Crippen molar-refractivity contribution in [3.05, 3.63) is 59.9 Å². The van der Waals surface area contributed by atoms with Gasteiger partial charge < -0.3 is 5.32 Å². The lowest BCUT2D eigenvalue weighted by molar-refractivity contribution is 0.0942. The standard InChI is InChI=1S/C22H28N2O3S/c25-22(24-17-18-9-3-1-4-10-18)20-13-7-15-23-21(20)14-8-16-28(26,27)19-11-5-2-6-12-19/h2,5-7,11-13,15,18H,1,3-4,8-10,14,16-17H2,(H,24,25). The number of nitrogens with zero attached hydrogens (tertiary/aromatic N) is 1. The van der Waals surface area contributed by atoms with Crippen LogP contribution >= 0.6 is 0 Å². The van der Waals surface area contributed by atoms with E-state index in [1.54, 1.807) is 48.7 Å². The zero-order valence-electron chi connectivity index (χ0n) is 16.1. The number of amides is 1. The van der Waals surface area contributed by atoms with Crippen LogP contribution < -0.4 is 5.32 Å². The van der Waals surface area contributed by atoms with Gasteiger partial charge in [-0.05, 0) is 55.9 Å². The van der Waals surface area contributed by atoms with Gasteiger partial charge in [0, 0.05) is 12.7 Å². The molecule has 3 rings (SSSR count). The second-order valence-corrected chi connectivity index (χ2v) is 9.56. The molecule has 1 amide bonds. The van der Waals surface area contributed by atoms with Crippen molar-refractivity contribution < 1.29 is 13.2 Å². The Labute approximate surface area is 167 Å². The average Bonchev–Trinajstić information content (AvgIpc) is 2.74. The summed E-state index contributed by atoms with van der Waals surface area (Å²) in [6.07, 6.45) is 8.68. The molecular formula is C22H28N2O3S. The van der Waals surface area contributed by atoms with Crippen LogP contribution in [0.5, 0.6) is 0 Å². The van der Waals surface area contributed by atoms with Gasteiger partial charge in [-0.2, -0.15) is 0 Å². The first kappa shape index (κ1) is 20.5. The third-order valence-electron chi connectivity index (χ3n) is 5.34. The quantitative estimate of drug-likeness (QED) is 0.731. The van der Waals surface area contributed by atoms with E-state index in [0.717, 1.165) is 0 Å². The summed E-state index contributed by atoms with van der Waals surface area (Å²) in [5.41, 5.74) is 1.21. The average molecular weight is 401 g/mol. The lowest BCUT2D eigenvalue weighted by atomic mass is 9.89. The molecule has 1 saturated carbocycles. The molecule has 0 unspecified atom stereocenters. The second kappa shape index (κ2) is 9.82. The van der Waals surface area contributed by atoms with E-state index >= 15 is 0 Å². The molecule has 0 bridgehead atoms. The van der Waals surface area contributed by atoms with Gasteiger partial charge in [0.1, 0.15) is 0 Å². The first-order valence-electron chi connectivity index (χ1n) is 10.1. The van der Waals surface area contributed by atoms with Gasteiger partial charge in [-0.15, -0.1) is 0 Å². The van der Waals surface area contributed by atoms with Crippen LogP contribution in [0.15, 0.2) is 53.6 Å². The molecule has 0 saturated heterocycles. The second-order valence-electron chi connectivity index (χ2n) is 7.45. The summed E-state index contributed by atoms with van der Waals surface area (Å²) < 4.78 is 24.8. The number of aromatic nitrogens is 1. The van der Waals surface area contributed by atoms with Gasteiger partial charge in [0.25, 0.3) is 5.91 Å². The van der Waals surface area contributed by atoms with E-state index in [0.29, 0.717) is 41.5 Å². The predicted molar refractivity (Wildman–Crippen MR) is 110 cm³/mol. The molecule has 1 N–H and O–H groups in total. The van der Waals surface area contributed by atoms with Gasteiger partial charge in [-0.25, -0.2) is 8.42 Å². The maximum atomic E-state index is 12.6. The molecule has 0 aliphatic heterocycles. The van der Waals surface area contributed by atoms with Crippen molar-refractivity contribution in [3.8, 4) is 0 Å². The first-order chi connectivity index (χ1) is 13.6. The van der Waals surface area contributed by atoms with Crippen molar-refractivity contribution in [1.82, 2.24) is 10.3 Å². The van der Waals surface area contributed by atoms with E-state index in [-0.39, 0.29) is 11.7 Å². The molecule has 0 atom stereocenters. The number of carbonyl (C=O) groups is 1. The third-order valence-corrected chi connectivity index (χ3v) is 7.16. The third kappa shape index (κ3) is 5.64. The topological polar surface area (TPSA) is 76.1 Å². The van der Waals surface area contributed by atoms with Crippen molar-refractivity contribution in [3.63, 3.8) is 0 Å². The largest absolute Gasteiger partial charge is 0.352 e. The number of benzene rings is 1. The fourth-order valence-corrected chi connectivity index (χ4v) is 5.07. The number of aryl methyl sites for hydroxylation is 1. The highest BCUT2D eigenvalue weighted by Crippen LogP contribution is 2.23. The van der Waals surface area contributed by atoms with E-state index in [4.69, 9.17) is 0 Å². The Kier molecular flexibility index (Phi) is 7.20. The van der Waals surface area contributed by atoms with Crippen LogP contribution in [0, 0.1) is 5.92 Å². The van der Waals surface area contributed by atoms with Crippen molar-refractivity contribution in [2.24, 2.45) is 5.92 Å². The Balaban J connectivity index is 1.56. The fraction of sp³-hybridized carbons (Fsp3) is 0.455. The number of pyridine rings is 1. The van der Waals surface area contributed by atoms with Gasteiger partial charge >= 0.3 is 0 Å². The summed E-state index contributed by atoms with van der Waals surface area (Å²) in [5.74, 6) is 0.491. The Morgan fingerprint density at radius 3 is 2.54 bits per heavy atom. The van der Waals surface area contributed by atoms with Crippen LogP contribution in [0.25, 0.3) is 0 Å². The Morgan fingerprint density at radius 2 is 1.79 bits per heavy atom. The van der Waals surface area contributed by atoms with E-state index < -0.39 is 9.84 Å². The minimum atomic E-state index is -3.32. The summed E-state index contributed by atoms with van der Waals surface area (Å²) in [6.45, 7) is 0.704. The van der Waals surface area contributed by atoms with Crippen molar-refractivity contribution >= 4 is 15.7 Å². The van der Waals surface area contributed by atoms with Gasteiger partial charge in [0.05, 0.1) is 21.9 Å². The van der Waals surface area contributed by atoms with E-state index in [1.807, 2.05) is 0 Å². The molecule has 28 heavy (non-hydrogen) atoms. The maximum Gasteiger partial charge on any atom is 0.253 e. The van der Waals surface area contributed by atoms with Gasteiger partial charge in [-0.1, -0.05) is 37.5 Å². The van der Waals surface area contributed by atoms with Gasteiger partial charge in [0.2, 0.25) is 0 Å². The molecule has 1 aromatic heterocycles. The van der Waals surface area contributed by atoms with Crippen LogP contribution in [0.2, 0.25) is 0 Å². The fourth-order valence-electron chi connectivity index (χ4n) is 3.74. The summed E-state index contributed by atoms with van der Waals surface area (Å²) in [5, 5.41) is 3.04. The van der Waals surface area contributed by atoms with Crippen LogP contribution in [0.4, 0.5) is 0 Å². The number of nitrogens with one attached hydrogen (secondary N) is 1. The molecule has 6 heteroatoms. The Morgan fingerprint density at radius 1 is 1.04 bits per heavy atom. The van der Waals surface area contributed by atoms with Crippen LogP contribution in [-0.2, 0) is 16.3 Å². The summed E-state index contributed by atoms with van der Waals surface area (Å²) in [4.78, 5) is 17.3. The SMILES string of the molecule is O=C(NCC1CCCCC1)c1cccnc1CCCS(=O)(=O)c1ccccc1. The lowest BCUT2D eigenvalue weighted by Gasteiger charge is -2.21. The van der Waals surface area contributed by atoms with E-state index in [1.165, 1.54) is 32.1 Å². The molecule has 150 valence electrons. The highest BCUT2D eigenvalue weighted by molar-refractivity contribution is 7.91. The zero-order chi connectivity index (χ0) is 19.8. The zero-order valence-corrected chi connectivity index (χ0v) is 17.0. The number of rotatable bonds is 8. The highest BCUT2D eigenvalue weighted by atomic mass is 32.2. The number of hydrogen-bond donors (Lipinski definition) is 1. The molecule has 1 aliphatic carbocycles. The number of hydrogen-bond acceptors (Lipinski definition) is 4. The first-order valence-corrected chi connectivity index (χ1v) is 11.7. The summed E-state index contributed by atoms with van der Waals surface area (Å²) >= 11 is 0. The Bertz CT molecular complexity index is 876.